The molecule has 0 aromatic heterocycles. The summed E-state index contributed by atoms with van der Waals surface area (Å²) >= 11 is 0. The van der Waals surface area contributed by atoms with Crippen LogP contribution in [-0.2, 0) is 14.8 Å². The minimum Gasteiger partial charge on any atom is -0.460 e. The first-order chi connectivity index (χ1) is 10.6. The zero-order chi connectivity index (χ0) is 15.2. The molecule has 4 rings (SSSR count). The van der Waals surface area contributed by atoms with Crippen LogP contribution < -0.4 is 4.72 Å². The largest absolute Gasteiger partial charge is 0.460 e. The van der Waals surface area contributed by atoms with Crippen LogP contribution >= 0.6 is 0 Å². The molecule has 0 spiro atoms. The van der Waals surface area contributed by atoms with Crippen molar-refractivity contribution in [2.75, 3.05) is 0 Å². The Kier molecular flexibility index (Phi) is 3.62. The maximum absolute atomic E-state index is 12.4. The van der Waals surface area contributed by atoms with Crippen molar-refractivity contribution in [1.29, 1.82) is 0 Å². The lowest BCUT2D eigenvalue weighted by Gasteiger charge is -2.32. The SMILES string of the molecule is O=S1(=O)NC(=NC23CCCCCC(CC2)C3)OC2CCCC21. The van der Waals surface area contributed by atoms with Crippen LogP contribution in [0.15, 0.2) is 4.99 Å². The molecule has 3 aliphatic carbocycles. The zero-order valence-corrected chi connectivity index (χ0v) is 13.9. The molecule has 3 saturated carbocycles. The molecule has 0 amide bonds. The summed E-state index contributed by atoms with van der Waals surface area (Å²) in [4.78, 5) is 4.85. The lowest BCUT2D eigenvalue weighted by Crippen LogP contribution is -2.51. The van der Waals surface area contributed by atoms with Gasteiger partial charge in [-0.25, -0.2) is 18.1 Å². The highest BCUT2D eigenvalue weighted by Gasteiger charge is 2.46. The van der Waals surface area contributed by atoms with Crippen molar-refractivity contribution in [2.24, 2.45) is 10.9 Å². The van der Waals surface area contributed by atoms with E-state index in [4.69, 9.17) is 9.73 Å². The third-order valence-electron chi connectivity index (χ3n) is 6.06. The van der Waals surface area contributed by atoms with Crippen LogP contribution in [0.2, 0.25) is 0 Å². The van der Waals surface area contributed by atoms with Gasteiger partial charge < -0.3 is 4.74 Å². The molecule has 1 saturated heterocycles. The van der Waals surface area contributed by atoms with Gasteiger partial charge in [-0.2, -0.15) is 0 Å². The second-order valence-electron chi connectivity index (χ2n) is 7.62. The van der Waals surface area contributed by atoms with Crippen LogP contribution in [0.1, 0.15) is 70.6 Å². The number of fused-ring (bicyclic) bond motifs is 3. The molecule has 1 heterocycles. The van der Waals surface area contributed by atoms with Gasteiger partial charge in [-0.05, 0) is 50.9 Å². The van der Waals surface area contributed by atoms with Crippen molar-refractivity contribution in [3.8, 4) is 0 Å². The number of ether oxygens (including phenoxy) is 1. The van der Waals surface area contributed by atoms with E-state index in [2.05, 4.69) is 4.72 Å². The molecule has 4 atom stereocenters. The summed E-state index contributed by atoms with van der Waals surface area (Å²) in [6, 6.07) is 0.282. The van der Waals surface area contributed by atoms with E-state index in [0.29, 0.717) is 6.42 Å². The van der Waals surface area contributed by atoms with E-state index >= 15 is 0 Å². The molecule has 4 unspecified atom stereocenters. The Hall–Kier alpha value is -0.780. The van der Waals surface area contributed by atoms with Crippen LogP contribution in [0.3, 0.4) is 0 Å². The highest BCUT2D eigenvalue weighted by atomic mass is 32.2. The summed E-state index contributed by atoms with van der Waals surface area (Å²) < 4.78 is 33.3. The smallest absolute Gasteiger partial charge is 0.299 e. The molecule has 0 radical (unpaired) electrons. The van der Waals surface area contributed by atoms with Gasteiger partial charge in [-0.3, -0.25) is 0 Å². The molecule has 4 aliphatic rings. The third-order valence-corrected chi connectivity index (χ3v) is 7.86. The average Bonchev–Trinajstić information content (AvgIpc) is 3.04. The lowest BCUT2D eigenvalue weighted by atomic mass is 9.86. The molecule has 6 heteroatoms. The van der Waals surface area contributed by atoms with Crippen molar-refractivity contribution in [3.63, 3.8) is 0 Å². The predicted octanol–water partition coefficient (Wildman–Crippen LogP) is 2.72. The Bertz CT molecular complexity index is 574. The summed E-state index contributed by atoms with van der Waals surface area (Å²) in [6.07, 6.45) is 11.9. The number of nitrogens with one attached hydrogen (secondary N) is 1. The molecular formula is C16H26N2O3S. The normalized spacial score (nSPS) is 45.5. The summed E-state index contributed by atoms with van der Waals surface area (Å²) in [6.45, 7) is 0. The number of hydrogen-bond donors (Lipinski definition) is 1. The van der Waals surface area contributed by atoms with E-state index in [1.54, 1.807) is 0 Å². The van der Waals surface area contributed by atoms with E-state index in [9.17, 15) is 8.42 Å². The molecule has 1 aliphatic heterocycles. The second kappa shape index (κ2) is 5.39. The van der Waals surface area contributed by atoms with E-state index in [0.717, 1.165) is 38.0 Å². The molecule has 22 heavy (non-hydrogen) atoms. The quantitative estimate of drug-likeness (QED) is 0.805. The Morgan fingerprint density at radius 3 is 2.86 bits per heavy atom. The Balaban J connectivity index is 1.59. The fraction of sp³-hybridized carbons (Fsp3) is 0.938. The van der Waals surface area contributed by atoms with Crippen LogP contribution in [-0.4, -0.2) is 31.3 Å². The van der Waals surface area contributed by atoms with E-state index in [-0.39, 0.29) is 22.9 Å². The molecule has 124 valence electrons. The highest BCUT2D eigenvalue weighted by Crippen LogP contribution is 2.45. The Morgan fingerprint density at radius 2 is 1.95 bits per heavy atom. The van der Waals surface area contributed by atoms with Gasteiger partial charge in [0.25, 0.3) is 6.02 Å². The highest BCUT2D eigenvalue weighted by molar-refractivity contribution is 7.90. The summed E-state index contributed by atoms with van der Waals surface area (Å²) in [5.41, 5.74) is -0.0750. The number of nitrogens with zero attached hydrogens (tertiary/aromatic N) is 1. The topological polar surface area (TPSA) is 67.8 Å². The zero-order valence-electron chi connectivity index (χ0n) is 13.1. The average molecular weight is 326 g/mol. The predicted molar refractivity (Wildman–Crippen MR) is 85.2 cm³/mol. The van der Waals surface area contributed by atoms with Gasteiger partial charge in [0.05, 0.1) is 5.54 Å². The molecule has 1 N–H and O–H groups in total. The second-order valence-corrected chi connectivity index (χ2v) is 9.52. The summed E-state index contributed by atoms with van der Waals surface area (Å²) in [5.74, 6) is 0.768. The Morgan fingerprint density at radius 1 is 1.05 bits per heavy atom. The molecule has 0 aromatic rings. The maximum Gasteiger partial charge on any atom is 0.299 e. The summed E-state index contributed by atoms with van der Waals surface area (Å²) in [7, 11) is -3.30. The lowest BCUT2D eigenvalue weighted by molar-refractivity contribution is 0.177. The summed E-state index contributed by atoms with van der Waals surface area (Å²) in [5, 5.41) is -0.377. The number of hydrogen-bond acceptors (Lipinski definition) is 4. The van der Waals surface area contributed by atoms with Gasteiger partial charge in [-0.15, -0.1) is 0 Å². The fourth-order valence-corrected chi connectivity index (χ4v) is 6.48. The van der Waals surface area contributed by atoms with Crippen LogP contribution in [0.25, 0.3) is 0 Å². The van der Waals surface area contributed by atoms with E-state index in [1.807, 2.05) is 0 Å². The van der Waals surface area contributed by atoms with Crippen molar-refractivity contribution in [3.05, 3.63) is 0 Å². The fourth-order valence-electron chi connectivity index (χ4n) is 4.92. The van der Waals surface area contributed by atoms with Gasteiger partial charge in [0.15, 0.2) is 0 Å². The first-order valence-corrected chi connectivity index (χ1v) is 10.4. The molecule has 2 bridgehead atoms. The van der Waals surface area contributed by atoms with Gasteiger partial charge in [0, 0.05) is 0 Å². The van der Waals surface area contributed by atoms with Crippen molar-refractivity contribution in [2.45, 2.75) is 87.5 Å². The molecular weight excluding hydrogens is 300 g/mol. The third kappa shape index (κ3) is 2.63. The van der Waals surface area contributed by atoms with Crippen molar-refractivity contribution in [1.82, 2.24) is 4.72 Å². The standard InChI is InChI=1S/C16H26N2O3S/c19-22(20)14-7-4-6-13(14)21-15(18-22)17-16-9-3-1-2-5-12(11-16)8-10-16/h12-14H,1-11H2,(H,17,18). The van der Waals surface area contributed by atoms with Gasteiger partial charge in [0.2, 0.25) is 10.0 Å². The number of amidine groups is 1. The van der Waals surface area contributed by atoms with E-state index in [1.165, 1.54) is 32.1 Å². The minimum absolute atomic E-state index is 0.0750. The number of sulfonamides is 1. The van der Waals surface area contributed by atoms with Crippen molar-refractivity contribution < 1.29 is 13.2 Å². The first kappa shape index (κ1) is 14.8. The Labute approximate surface area is 133 Å². The monoisotopic (exact) mass is 326 g/mol. The van der Waals surface area contributed by atoms with Crippen molar-refractivity contribution >= 4 is 16.0 Å². The van der Waals surface area contributed by atoms with Gasteiger partial charge >= 0.3 is 0 Å². The van der Waals surface area contributed by atoms with Crippen LogP contribution in [0.4, 0.5) is 0 Å². The minimum atomic E-state index is -3.30. The molecule has 0 aromatic carbocycles. The number of aliphatic imine (C=N–C) groups is 1. The van der Waals surface area contributed by atoms with Crippen LogP contribution in [0, 0.1) is 5.92 Å². The van der Waals surface area contributed by atoms with Gasteiger partial charge in [0.1, 0.15) is 11.4 Å². The molecule has 5 nitrogen and oxygen atoms in total. The number of rotatable bonds is 1. The van der Waals surface area contributed by atoms with E-state index < -0.39 is 10.0 Å². The first-order valence-electron chi connectivity index (χ1n) is 8.85. The molecule has 4 fully saturated rings. The van der Waals surface area contributed by atoms with Gasteiger partial charge in [-0.1, -0.05) is 25.7 Å². The van der Waals surface area contributed by atoms with Crippen LogP contribution in [0.5, 0.6) is 0 Å². The maximum atomic E-state index is 12.4.